The van der Waals surface area contributed by atoms with Crippen molar-refractivity contribution in [3.8, 4) is 17.0 Å². The number of methoxy groups -OCH3 is 2. The topological polar surface area (TPSA) is 34.6 Å². The number of hydrogen-bond donors (Lipinski definition) is 0. The maximum atomic E-state index is 6.51. The van der Waals surface area contributed by atoms with Gasteiger partial charge in [-0.25, -0.2) is 4.98 Å². The molecule has 0 radical (unpaired) electrons. The van der Waals surface area contributed by atoms with E-state index in [1.807, 2.05) is 18.2 Å². The SMILES string of the molecule is CCC(COC)N(Cc1cccs1)c1nc(-c2ccc(OC)cc2Cl)c(C)s1. The van der Waals surface area contributed by atoms with Crippen LogP contribution in [0.1, 0.15) is 23.1 Å². The molecule has 3 rings (SSSR count). The van der Waals surface area contributed by atoms with Crippen LogP contribution in [0.4, 0.5) is 5.13 Å². The summed E-state index contributed by atoms with van der Waals surface area (Å²) in [4.78, 5) is 9.81. The summed E-state index contributed by atoms with van der Waals surface area (Å²) in [6.45, 7) is 5.77. The molecule has 0 aliphatic heterocycles. The van der Waals surface area contributed by atoms with Crippen molar-refractivity contribution < 1.29 is 9.47 Å². The van der Waals surface area contributed by atoms with Crippen LogP contribution in [0.3, 0.4) is 0 Å². The fourth-order valence-electron chi connectivity index (χ4n) is 3.11. The molecule has 0 N–H and O–H groups in total. The van der Waals surface area contributed by atoms with E-state index in [0.717, 1.165) is 40.0 Å². The Morgan fingerprint density at radius 2 is 2.07 bits per heavy atom. The number of aromatic nitrogens is 1. The third kappa shape index (κ3) is 4.69. The first-order valence-corrected chi connectivity index (χ1v) is 11.2. The van der Waals surface area contributed by atoms with Crippen LogP contribution in [0.15, 0.2) is 35.7 Å². The lowest BCUT2D eigenvalue weighted by molar-refractivity contribution is 0.174. The number of nitrogens with zero attached hydrogens (tertiary/aromatic N) is 2. The standard InChI is InChI=1S/C21H25ClN2O2S2/c1-5-15(13-25-3)24(12-17-7-6-10-27-17)21-23-20(14(2)28-21)18-9-8-16(26-4)11-19(18)22/h6-11,15H,5,12-13H2,1-4H3. The molecule has 0 bridgehead atoms. The molecule has 0 fully saturated rings. The highest BCUT2D eigenvalue weighted by Gasteiger charge is 2.23. The van der Waals surface area contributed by atoms with Gasteiger partial charge in [-0.1, -0.05) is 24.6 Å². The minimum absolute atomic E-state index is 0.261. The highest BCUT2D eigenvalue weighted by Crippen LogP contribution is 2.38. The van der Waals surface area contributed by atoms with Crippen molar-refractivity contribution in [2.75, 3.05) is 25.7 Å². The van der Waals surface area contributed by atoms with Crippen LogP contribution >= 0.6 is 34.3 Å². The lowest BCUT2D eigenvalue weighted by Gasteiger charge is -2.30. The first-order valence-electron chi connectivity index (χ1n) is 9.16. The van der Waals surface area contributed by atoms with Crippen LogP contribution in [0.25, 0.3) is 11.3 Å². The smallest absolute Gasteiger partial charge is 0.186 e. The first kappa shape index (κ1) is 21.1. The summed E-state index contributed by atoms with van der Waals surface area (Å²) in [5.41, 5.74) is 1.86. The number of thiophene rings is 1. The number of anilines is 1. The summed E-state index contributed by atoms with van der Waals surface area (Å²) in [6, 6.07) is 10.2. The third-order valence-electron chi connectivity index (χ3n) is 4.64. The number of ether oxygens (including phenoxy) is 2. The molecule has 28 heavy (non-hydrogen) atoms. The van der Waals surface area contributed by atoms with E-state index < -0.39 is 0 Å². The monoisotopic (exact) mass is 436 g/mol. The Labute approximate surface area is 179 Å². The second kappa shape index (κ2) is 9.74. The number of rotatable bonds is 9. The van der Waals surface area contributed by atoms with E-state index in [1.54, 1.807) is 36.9 Å². The fourth-order valence-corrected chi connectivity index (χ4v) is 5.07. The summed E-state index contributed by atoms with van der Waals surface area (Å²) in [7, 11) is 3.39. The Hall–Kier alpha value is -1.60. The first-order chi connectivity index (χ1) is 13.6. The molecule has 1 atom stereocenters. The number of halogens is 1. The van der Waals surface area contributed by atoms with Gasteiger partial charge in [0, 0.05) is 22.4 Å². The normalized spacial score (nSPS) is 12.2. The summed E-state index contributed by atoms with van der Waals surface area (Å²) >= 11 is 9.98. The van der Waals surface area contributed by atoms with Crippen LogP contribution in [0, 0.1) is 6.92 Å². The fraction of sp³-hybridized carbons (Fsp3) is 0.381. The molecule has 1 unspecified atom stereocenters. The minimum atomic E-state index is 0.261. The third-order valence-corrected chi connectivity index (χ3v) is 6.82. The Bertz CT molecular complexity index is 896. The van der Waals surface area contributed by atoms with Crippen molar-refractivity contribution in [2.45, 2.75) is 32.9 Å². The Kier molecular flexibility index (Phi) is 7.35. The quantitative estimate of drug-likeness (QED) is 0.395. The molecule has 0 saturated heterocycles. The molecular weight excluding hydrogens is 412 g/mol. The Balaban J connectivity index is 1.98. The summed E-state index contributed by atoms with van der Waals surface area (Å²) in [5, 5.41) is 3.75. The van der Waals surface area contributed by atoms with Crippen molar-refractivity contribution in [1.82, 2.24) is 4.98 Å². The summed E-state index contributed by atoms with van der Waals surface area (Å²) in [5.74, 6) is 0.743. The lowest BCUT2D eigenvalue weighted by Crippen LogP contribution is -2.37. The van der Waals surface area contributed by atoms with Crippen molar-refractivity contribution in [1.29, 1.82) is 0 Å². The van der Waals surface area contributed by atoms with E-state index >= 15 is 0 Å². The average molecular weight is 437 g/mol. The lowest BCUT2D eigenvalue weighted by atomic mass is 10.1. The zero-order valence-corrected chi connectivity index (χ0v) is 19.0. The molecule has 0 spiro atoms. The summed E-state index contributed by atoms with van der Waals surface area (Å²) in [6.07, 6.45) is 0.983. The van der Waals surface area contributed by atoms with Gasteiger partial charge in [0.2, 0.25) is 0 Å². The molecule has 4 nitrogen and oxygen atoms in total. The van der Waals surface area contributed by atoms with E-state index in [4.69, 9.17) is 26.1 Å². The van der Waals surface area contributed by atoms with Crippen LogP contribution in [0.2, 0.25) is 5.02 Å². The van der Waals surface area contributed by atoms with Crippen LogP contribution < -0.4 is 9.64 Å². The number of hydrogen-bond acceptors (Lipinski definition) is 6. The second-order valence-electron chi connectivity index (χ2n) is 6.47. The van der Waals surface area contributed by atoms with Gasteiger partial charge in [0.15, 0.2) is 5.13 Å². The van der Waals surface area contributed by atoms with E-state index in [0.29, 0.717) is 11.6 Å². The van der Waals surface area contributed by atoms with Gasteiger partial charge in [-0.3, -0.25) is 0 Å². The Morgan fingerprint density at radius 3 is 2.68 bits per heavy atom. The van der Waals surface area contributed by atoms with Crippen LogP contribution in [-0.4, -0.2) is 31.9 Å². The molecule has 0 amide bonds. The summed E-state index contributed by atoms with van der Waals surface area (Å²) < 4.78 is 10.8. The van der Waals surface area contributed by atoms with Gasteiger partial charge in [0.05, 0.1) is 37.0 Å². The molecule has 7 heteroatoms. The van der Waals surface area contributed by atoms with E-state index in [9.17, 15) is 0 Å². The van der Waals surface area contributed by atoms with Gasteiger partial charge in [-0.05, 0) is 43.0 Å². The second-order valence-corrected chi connectivity index (χ2v) is 9.09. The van der Waals surface area contributed by atoms with E-state index in [1.165, 1.54) is 4.88 Å². The predicted molar refractivity (Wildman–Crippen MR) is 120 cm³/mol. The van der Waals surface area contributed by atoms with Crippen molar-refractivity contribution in [3.63, 3.8) is 0 Å². The van der Waals surface area contributed by atoms with Crippen molar-refractivity contribution >= 4 is 39.4 Å². The van der Waals surface area contributed by atoms with Gasteiger partial charge in [0.25, 0.3) is 0 Å². The average Bonchev–Trinajstić information content (AvgIpc) is 3.34. The molecule has 2 heterocycles. The maximum Gasteiger partial charge on any atom is 0.186 e. The Morgan fingerprint density at radius 1 is 1.25 bits per heavy atom. The van der Waals surface area contributed by atoms with Gasteiger partial charge < -0.3 is 14.4 Å². The van der Waals surface area contributed by atoms with Crippen LogP contribution in [-0.2, 0) is 11.3 Å². The van der Waals surface area contributed by atoms with Crippen molar-refractivity contribution in [3.05, 3.63) is 50.5 Å². The molecule has 0 aliphatic carbocycles. The molecular formula is C21H25ClN2O2S2. The number of benzene rings is 1. The zero-order chi connectivity index (χ0) is 20.1. The molecule has 1 aromatic carbocycles. The maximum absolute atomic E-state index is 6.51. The molecule has 0 saturated carbocycles. The molecule has 2 aromatic heterocycles. The molecule has 150 valence electrons. The van der Waals surface area contributed by atoms with Gasteiger partial charge >= 0.3 is 0 Å². The predicted octanol–water partition coefficient (Wildman–Crippen LogP) is 6.27. The molecule has 3 aromatic rings. The van der Waals surface area contributed by atoms with Crippen LogP contribution in [0.5, 0.6) is 5.75 Å². The molecule has 0 aliphatic rings. The number of aryl methyl sites for hydroxylation is 1. The van der Waals surface area contributed by atoms with Gasteiger partial charge in [0.1, 0.15) is 5.75 Å². The van der Waals surface area contributed by atoms with E-state index in [2.05, 4.69) is 36.3 Å². The van der Waals surface area contributed by atoms with Crippen molar-refractivity contribution in [2.24, 2.45) is 0 Å². The highest BCUT2D eigenvalue weighted by atomic mass is 35.5. The zero-order valence-electron chi connectivity index (χ0n) is 16.6. The largest absolute Gasteiger partial charge is 0.497 e. The van der Waals surface area contributed by atoms with Gasteiger partial charge in [-0.2, -0.15) is 0 Å². The number of thiazole rings is 1. The van der Waals surface area contributed by atoms with E-state index in [-0.39, 0.29) is 6.04 Å². The van der Waals surface area contributed by atoms with Gasteiger partial charge in [-0.15, -0.1) is 22.7 Å². The highest BCUT2D eigenvalue weighted by molar-refractivity contribution is 7.16. The minimum Gasteiger partial charge on any atom is -0.497 e.